The lowest BCUT2D eigenvalue weighted by molar-refractivity contribution is 0.215. The molecule has 2 aromatic carbocycles. The fourth-order valence-electron chi connectivity index (χ4n) is 3.33. The fraction of sp³-hybridized carbons (Fsp3) is 0.350. The number of ether oxygens (including phenoxy) is 1. The number of nitrogens with zero attached hydrogens (tertiary/aromatic N) is 4. The van der Waals surface area contributed by atoms with Crippen molar-refractivity contribution in [2.24, 2.45) is 4.99 Å². The molecule has 0 radical (unpaired) electrons. The molecule has 0 spiro atoms. The van der Waals surface area contributed by atoms with Gasteiger partial charge in [0.1, 0.15) is 17.3 Å². The third kappa shape index (κ3) is 3.39. The maximum Gasteiger partial charge on any atom is 0.242 e. The summed E-state index contributed by atoms with van der Waals surface area (Å²) in [5.41, 5.74) is 1.44. The first-order valence-corrected chi connectivity index (χ1v) is 10.7. The van der Waals surface area contributed by atoms with Crippen LogP contribution in [0.1, 0.15) is 5.56 Å². The van der Waals surface area contributed by atoms with Crippen molar-refractivity contribution in [2.75, 3.05) is 47.3 Å². The van der Waals surface area contributed by atoms with E-state index in [-0.39, 0.29) is 4.90 Å². The van der Waals surface area contributed by atoms with E-state index in [1.165, 1.54) is 18.4 Å². The van der Waals surface area contributed by atoms with Crippen LogP contribution in [-0.4, -0.2) is 75.7 Å². The van der Waals surface area contributed by atoms with Crippen LogP contribution in [0.4, 0.5) is 5.69 Å². The first kappa shape index (κ1) is 18.9. The third-order valence-corrected chi connectivity index (χ3v) is 6.90. The Balaban J connectivity index is 1.87. The van der Waals surface area contributed by atoms with Gasteiger partial charge in [-0.25, -0.2) is 17.7 Å². The molecule has 1 saturated heterocycles. The lowest BCUT2D eigenvalue weighted by Gasteiger charge is -2.34. The van der Waals surface area contributed by atoms with Gasteiger partial charge in [-0.15, -0.1) is 0 Å². The summed E-state index contributed by atoms with van der Waals surface area (Å²) in [6.45, 7) is 3.49. The van der Waals surface area contributed by atoms with E-state index in [9.17, 15) is 8.42 Å². The van der Waals surface area contributed by atoms with E-state index in [0.717, 1.165) is 37.7 Å². The van der Waals surface area contributed by atoms with Crippen molar-refractivity contribution in [1.82, 2.24) is 14.1 Å². The summed E-state index contributed by atoms with van der Waals surface area (Å²) in [7, 11) is 1.60. The minimum Gasteiger partial charge on any atom is -0.454 e. The third-order valence-electron chi connectivity index (χ3n) is 5.08. The van der Waals surface area contributed by atoms with Crippen LogP contribution < -0.4 is 4.74 Å². The first-order chi connectivity index (χ1) is 13.4. The Morgan fingerprint density at radius 1 is 1.00 bits per heavy atom. The normalized spacial score (nSPS) is 17.4. The molecule has 2 aliphatic heterocycles. The molecule has 0 N–H and O–H groups in total. The second-order valence-electron chi connectivity index (χ2n) is 7.24. The molecular formula is C20H24N4O3S. The van der Waals surface area contributed by atoms with E-state index >= 15 is 0 Å². The van der Waals surface area contributed by atoms with Gasteiger partial charge in [-0.2, -0.15) is 0 Å². The van der Waals surface area contributed by atoms with Crippen LogP contribution in [0.3, 0.4) is 0 Å². The van der Waals surface area contributed by atoms with Gasteiger partial charge in [0.15, 0.2) is 5.75 Å². The summed E-state index contributed by atoms with van der Waals surface area (Å²) in [5.74, 6) is 2.03. The Kier molecular flexibility index (Phi) is 4.86. The standard InChI is InChI=1S/C20H24N4O3S/c1-22(2)28(25,26)15-8-9-18-16(14-15)20(24-12-10-23(3)11-13-24)21-17-6-4-5-7-19(17)27-18/h4-9,14H,10-13H2,1-3H3. The maximum absolute atomic E-state index is 12.7. The molecule has 0 saturated carbocycles. The Morgan fingerprint density at radius 3 is 2.43 bits per heavy atom. The summed E-state index contributed by atoms with van der Waals surface area (Å²) in [6, 6.07) is 12.6. The fourth-order valence-corrected chi connectivity index (χ4v) is 4.26. The number of para-hydroxylation sites is 2. The smallest absolute Gasteiger partial charge is 0.242 e. The molecule has 0 bridgehead atoms. The number of hydrogen-bond donors (Lipinski definition) is 0. The molecule has 0 atom stereocenters. The van der Waals surface area contributed by atoms with Gasteiger partial charge in [0.05, 0.1) is 10.5 Å². The van der Waals surface area contributed by atoms with Crippen LogP contribution in [0.25, 0.3) is 0 Å². The van der Waals surface area contributed by atoms with Gasteiger partial charge in [0.25, 0.3) is 0 Å². The van der Waals surface area contributed by atoms with Crippen molar-refractivity contribution in [3.63, 3.8) is 0 Å². The molecule has 0 aromatic heterocycles. The predicted octanol–water partition coefficient (Wildman–Crippen LogP) is 2.37. The quantitative estimate of drug-likeness (QED) is 0.774. The molecule has 148 valence electrons. The number of rotatable bonds is 2. The predicted molar refractivity (Wildman–Crippen MR) is 109 cm³/mol. The number of likely N-dealkylation sites (N-methyl/N-ethyl adjacent to an activating group) is 1. The molecule has 2 aromatic rings. The van der Waals surface area contributed by atoms with E-state index in [2.05, 4.69) is 16.8 Å². The molecule has 0 amide bonds. The zero-order valence-electron chi connectivity index (χ0n) is 16.3. The van der Waals surface area contributed by atoms with Crippen molar-refractivity contribution >= 4 is 21.5 Å². The SMILES string of the molecule is CN1CCN(C2=Nc3ccccc3Oc3ccc(S(=O)(=O)N(C)C)cc32)CC1. The highest BCUT2D eigenvalue weighted by atomic mass is 32.2. The number of amidine groups is 1. The highest BCUT2D eigenvalue weighted by Gasteiger charge is 2.27. The highest BCUT2D eigenvalue weighted by molar-refractivity contribution is 7.89. The van der Waals surface area contributed by atoms with Gasteiger partial charge in [-0.05, 0) is 37.4 Å². The molecule has 4 rings (SSSR count). The summed E-state index contributed by atoms with van der Waals surface area (Å²) in [4.78, 5) is 9.59. The average Bonchev–Trinajstić information content (AvgIpc) is 2.84. The number of fused-ring (bicyclic) bond motifs is 2. The molecule has 28 heavy (non-hydrogen) atoms. The van der Waals surface area contributed by atoms with Gasteiger partial charge in [0.2, 0.25) is 10.0 Å². The van der Waals surface area contributed by atoms with Crippen LogP contribution >= 0.6 is 0 Å². The Morgan fingerprint density at radius 2 is 1.71 bits per heavy atom. The van der Waals surface area contributed by atoms with Gasteiger partial charge in [0, 0.05) is 40.3 Å². The molecule has 8 heteroatoms. The van der Waals surface area contributed by atoms with Crippen LogP contribution in [-0.2, 0) is 10.0 Å². The van der Waals surface area contributed by atoms with Crippen LogP contribution in [0.5, 0.6) is 11.5 Å². The topological polar surface area (TPSA) is 65.5 Å². The monoisotopic (exact) mass is 400 g/mol. The van der Waals surface area contributed by atoms with Crippen molar-refractivity contribution in [1.29, 1.82) is 0 Å². The molecule has 2 aliphatic rings. The molecule has 0 aliphatic carbocycles. The lowest BCUT2D eigenvalue weighted by atomic mass is 10.1. The minimum absolute atomic E-state index is 0.229. The van der Waals surface area contributed by atoms with Crippen LogP contribution in [0.15, 0.2) is 52.4 Å². The van der Waals surface area contributed by atoms with Gasteiger partial charge in [-0.3, -0.25) is 0 Å². The number of sulfonamides is 1. The summed E-state index contributed by atoms with van der Waals surface area (Å²) >= 11 is 0. The van der Waals surface area contributed by atoms with E-state index in [4.69, 9.17) is 9.73 Å². The van der Waals surface area contributed by atoms with Gasteiger partial charge >= 0.3 is 0 Å². The Hall–Kier alpha value is -2.42. The van der Waals surface area contributed by atoms with Crippen molar-refractivity contribution < 1.29 is 13.2 Å². The van der Waals surface area contributed by atoms with E-state index in [0.29, 0.717) is 17.1 Å². The summed E-state index contributed by atoms with van der Waals surface area (Å²) in [5, 5.41) is 0. The molecule has 2 heterocycles. The number of piperazine rings is 1. The summed E-state index contributed by atoms with van der Waals surface area (Å²) in [6.07, 6.45) is 0. The lowest BCUT2D eigenvalue weighted by Crippen LogP contribution is -2.47. The van der Waals surface area contributed by atoms with Crippen LogP contribution in [0.2, 0.25) is 0 Å². The van der Waals surface area contributed by atoms with E-state index in [1.54, 1.807) is 18.2 Å². The average molecular weight is 401 g/mol. The zero-order valence-corrected chi connectivity index (χ0v) is 17.1. The Bertz CT molecular complexity index is 1030. The number of aliphatic imine (C=N–C) groups is 1. The Labute approximate surface area is 165 Å². The molecule has 7 nitrogen and oxygen atoms in total. The van der Waals surface area contributed by atoms with Crippen LogP contribution in [0, 0.1) is 0 Å². The van der Waals surface area contributed by atoms with Gasteiger partial charge < -0.3 is 14.5 Å². The second-order valence-corrected chi connectivity index (χ2v) is 9.39. The maximum atomic E-state index is 12.7. The van der Waals surface area contributed by atoms with Crippen molar-refractivity contribution in [3.8, 4) is 11.5 Å². The zero-order chi connectivity index (χ0) is 19.9. The van der Waals surface area contributed by atoms with Crippen molar-refractivity contribution in [2.45, 2.75) is 4.90 Å². The van der Waals surface area contributed by atoms with Crippen molar-refractivity contribution in [3.05, 3.63) is 48.0 Å². The molecule has 0 unspecified atom stereocenters. The largest absolute Gasteiger partial charge is 0.454 e. The molecular weight excluding hydrogens is 376 g/mol. The van der Waals surface area contributed by atoms with E-state index < -0.39 is 10.0 Å². The highest BCUT2D eigenvalue weighted by Crippen LogP contribution is 2.39. The van der Waals surface area contributed by atoms with Gasteiger partial charge in [-0.1, -0.05) is 12.1 Å². The molecule has 1 fully saturated rings. The first-order valence-electron chi connectivity index (χ1n) is 9.22. The van der Waals surface area contributed by atoms with E-state index in [1.807, 2.05) is 24.3 Å². The summed E-state index contributed by atoms with van der Waals surface area (Å²) < 4.78 is 32.7. The number of hydrogen-bond acceptors (Lipinski definition) is 6. The minimum atomic E-state index is -3.56. The second kappa shape index (κ2) is 7.20. The number of benzene rings is 2.